The van der Waals surface area contributed by atoms with Crippen molar-refractivity contribution in [1.29, 1.82) is 5.26 Å². The van der Waals surface area contributed by atoms with E-state index < -0.39 is 0 Å². The predicted molar refractivity (Wildman–Crippen MR) is 64.4 cm³/mol. The van der Waals surface area contributed by atoms with Crippen molar-refractivity contribution in [1.82, 2.24) is 4.98 Å². The summed E-state index contributed by atoms with van der Waals surface area (Å²) in [6.07, 6.45) is 3.42. The molecule has 2 rings (SSSR count). The fraction of sp³-hybridized carbons (Fsp3) is 0.143. The third kappa shape index (κ3) is 2.82. The molecule has 0 saturated carbocycles. The van der Waals surface area contributed by atoms with E-state index in [9.17, 15) is 0 Å². The van der Waals surface area contributed by atoms with Crippen LogP contribution in [0.4, 0.5) is 0 Å². The maximum Gasteiger partial charge on any atom is 0.122 e. The molecule has 0 spiro atoms. The van der Waals surface area contributed by atoms with Crippen molar-refractivity contribution in [3.63, 3.8) is 0 Å². The number of pyridine rings is 1. The Labute approximate surface area is 100 Å². The molecule has 0 saturated heterocycles. The molecule has 84 valence electrons. The number of nitrogens with zero attached hydrogens (tertiary/aromatic N) is 2. The molecule has 3 heteroatoms. The first-order valence-corrected chi connectivity index (χ1v) is 5.36. The van der Waals surface area contributed by atoms with E-state index >= 15 is 0 Å². The van der Waals surface area contributed by atoms with Gasteiger partial charge in [0.1, 0.15) is 11.9 Å². The number of aromatic nitrogens is 1. The fourth-order valence-corrected chi connectivity index (χ4v) is 1.53. The first-order valence-electron chi connectivity index (χ1n) is 5.36. The van der Waals surface area contributed by atoms with Gasteiger partial charge in [0.15, 0.2) is 0 Å². The van der Waals surface area contributed by atoms with Crippen LogP contribution < -0.4 is 4.74 Å². The highest BCUT2D eigenvalue weighted by Crippen LogP contribution is 2.21. The number of ether oxygens (including phenoxy) is 1. The summed E-state index contributed by atoms with van der Waals surface area (Å²) in [4.78, 5) is 4.05. The lowest BCUT2D eigenvalue weighted by Gasteiger charge is -2.14. The van der Waals surface area contributed by atoms with Crippen LogP contribution in [0.15, 0.2) is 48.8 Å². The molecule has 0 N–H and O–H groups in total. The summed E-state index contributed by atoms with van der Waals surface area (Å²) in [5, 5.41) is 8.80. The Hall–Kier alpha value is -2.34. The maximum atomic E-state index is 8.80. The van der Waals surface area contributed by atoms with E-state index in [0.29, 0.717) is 11.3 Å². The minimum absolute atomic E-state index is 0.0855. The Morgan fingerprint density at radius 3 is 2.88 bits per heavy atom. The van der Waals surface area contributed by atoms with Gasteiger partial charge in [0, 0.05) is 18.0 Å². The fourth-order valence-electron chi connectivity index (χ4n) is 1.53. The van der Waals surface area contributed by atoms with Crippen LogP contribution in [-0.4, -0.2) is 4.98 Å². The van der Waals surface area contributed by atoms with Crippen molar-refractivity contribution in [2.75, 3.05) is 0 Å². The van der Waals surface area contributed by atoms with Gasteiger partial charge >= 0.3 is 0 Å². The molecule has 1 heterocycles. The zero-order valence-electron chi connectivity index (χ0n) is 9.50. The summed E-state index contributed by atoms with van der Waals surface area (Å²) in [5.74, 6) is 0.695. The smallest absolute Gasteiger partial charge is 0.122 e. The molecule has 1 aromatic carbocycles. The van der Waals surface area contributed by atoms with Crippen LogP contribution in [0.1, 0.15) is 24.2 Å². The Morgan fingerprint density at radius 2 is 2.18 bits per heavy atom. The number of nitriles is 1. The molecular formula is C14H12N2O. The van der Waals surface area contributed by atoms with E-state index in [4.69, 9.17) is 10.00 Å². The van der Waals surface area contributed by atoms with Crippen molar-refractivity contribution >= 4 is 0 Å². The quantitative estimate of drug-likeness (QED) is 0.804. The summed E-state index contributed by atoms with van der Waals surface area (Å²) in [6, 6.07) is 13.1. The average Bonchev–Trinajstić information content (AvgIpc) is 2.40. The Kier molecular flexibility index (Phi) is 3.37. The molecule has 1 aromatic heterocycles. The van der Waals surface area contributed by atoms with Gasteiger partial charge in [-0.15, -0.1) is 0 Å². The molecule has 1 atom stereocenters. The van der Waals surface area contributed by atoms with Crippen LogP contribution in [0, 0.1) is 11.3 Å². The first kappa shape index (κ1) is 11.2. The van der Waals surface area contributed by atoms with Crippen LogP contribution in [-0.2, 0) is 0 Å². The number of hydrogen-bond donors (Lipinski definition) is 0. The molecule has 0 aliphatic carbocycles. The lowest BCUT2D eigenvalue weighted by Crippen LogP contribution is -2.03. The summed E-state index contributed by atoms with van der Waals surface area (Å²) in [5.41, 5.74) is 1.61. The topological polar surface area (TPSA) is 45.9 Å². The highest BCUT2D eigenvalue weighted by Gasteiger charge is 2.07. The van der Waals surface area contributed by atoms with Crippen molar-refractivity contribution in [3.8, 4) is 11.8 Å². The normalized spacial score (nSPS) is 11.5. The molecule has 0 aliphatic rings. The highest BCUT2D eigenvalue weighted by atomic mass is 16.5. The largest absolute Gasteiger partial charge is 0.486 e. The van der Waals surface area contributed by atoms with Gasteiger partial charge in [0.25, 0.3) is 0 Å². The molecule has 3 nitrogen and oxygen atoms in total. The SMILES string of the molecule is CC(Oc1cccc(C#N)c1)c1cccnc1. The maximum absolute atomic E-state index is 8.80. The summed E-state index contributed by atoms with van der Waals surface area (Å²) in [6.45, 7) is 1.95. The highest BCUT2D eigenvalue weighted by molar-refractivity contribution is 5.36. The molecule has 0 radical (unpaired) electrons. The zero-order valence-corrected chi connectivity index (χ0v) is 9.50. The predicted octanol–water partition coefficient (Wildman–Crippen LogP) is 3.09. The molecule has 0 aliphatic heterocycles. The molecule has 0 bridgehead atoms. The van der Waals surface area contributed by atoms with E-state index in [1.54, 1.807) is 24.5 Å². The third-order valence-corrected chi connectivity index (χ3v) is 2.43. The van der Waals surface area contributed by atoms with Crippen LogP contribution in [0.2, 0.25) is 0 Å². The van der Waals surface area contributed by atoms with Crippen molar-refractivity contribution in [2.24, 2.45) is 0 Å². The number of hydrogen-bond acceptors (Lipinski definition) is 3. The Balaban J connectivity index is 2.13. The van der Waals surface area contributed by atoms with Crippen LogP contribution in [0.5, 0.6) is 5.75 Å². The molecule has 1 unspecified atom stereocenters. The second kappa shape index (κ2) is 5.13. The number of rotatable bonds is 3. The monoisotopic (exact) mass is 224 g/mol. The molecule has 0 fully saturated rings. The van der Waals surface area contributed by atoms with Crippen LogP contribution in [0.25, 0.3) is 0 Å². The van der Waals surface area contributed by atoms with Crippen molar-refractivity contribution in [2.45, 2.75) is 13.0 Å². The standard InChI is InChI=1S/C14H12N2O/c1-11(13-5-3-7-16-10-13)17-14-6-2-4-12(8-14)9-15/h2-8,10-11H,1H3. The van der Waals surface area contributed by atoms with Gasteiger partial charge in [-0.3, -0.25) is 4.98 Å². The van der Waals surface area contributed by atoms with E-state index in [1.165, 1.54) is 0 Å². The van der Waals surface area contributed by atoms with Gasteiger partial charge in [-0.2, -0.15) is 5.26 Å². The molecule has 2 aromatic rings. The summed E-state index contributed by atoms with van der Waals surface area (Å²) < 4.78 is 5.75. The van der Waals surface area contributed by atoms with Crippen molar-refractivity contribution < 1.29 is 4.74 Å². The second-order valence-electron chi connectivity index (χ2n) is 3.69. The number of benzene rings is 1. The van der Waals surface area contributed by atoms with Crippen LogP contribution >= 0.6 is 0 Å². The van der Waals surface area contributed by atoms with Gasteiger partial charge < -0.3 is 4.74 Å². The van der Waals surface area contributed by atoms with E-state index in [1.807, 2.05) is 31.2 Å². The summed E-state index contributed by atoms with van der Waals surface area (Å²) in [7, 11) is 0. The van der Waals surface area contributed by atoms with E-state index in [-0.39, 0.29) is 6.10 Å². The Bertz CT molecular complexity index is 531. The van der Waals surface area contributed by atoms with Gasteiger partial charge in [0.2, 0.25) is 0 Å². The third-order valence-electron chi connectivity index (χ3n) is 2.43. The van der Waals surface area contributed by atoms with E-state index in [0.717, 1.165) is 5.56 Å². The second-order valence-corrected chi connectivity index (χ2v) is 3.69. The Morgan fingerprint density at radius 1 is 1.29 bits per heavy atom. The van der Waals surface area contributed by atoms with Crippen LogP contribution in [0.3, 0.4) is 0 Å². The van der Waals surface area contributed by atoms with E-state index in [2.05, 4.69) is 11.1 Å². The lowest BCUT2D eigenvalue weighted by molar-refractivity contribution is 0.226. The average molecular weight is 224 g/mol. The van der Waals surface area contributed by atoms with Crippen molar-refractivity contribution in [3.05, 3.63) is 59.9 Å². The first-order chi connectivity index (χ1) is 8.29. The van der Waals surface area contributed by atoms with Gasteiger partial charge in [0.05, 0.1) is 11.6 Å². The van der Waals surface area contributed by atoms with Gasteiger partial charge in [-0.05, 0) is 31.2 Å². The molecule has 0 amide bonds. The van der Waals surface area contributed by atoms with Gasteiger partial charge in [-0.1, -0.05) is 12.1 Å². The minimum Gasteiger partial charge on any atom is -0.486 e. The molecular weight excluding hydrogens is 212 g/mol. The zero-order chi connectivity index (χ0) is 12.1. The molecule has 17 heavy (non-hydrogen) atoms. The lowest BCUT2D eigenvalue weighted by atomic mass is 10.2. The minimum atomic E-state index is -0.0855. The summed E-state index contributed by atoms with van der Waals surface area (Å²) >= 11 is 0. The van der Waals surface area contributed by atoms with Gasteiger partial charge in [-0.25, -0.2) is 0 Å².